The topological polar surface area (TPSA) is 26.3 Å². The molecular weight excluding hydrogens is 140 g/mol. The SMILES string of the molecule is COC1C(=O)C2CCCCC21. The first-order valence-corrected chi connectivity index (χ1v) is 4.41. The molecular formula is C9H14O2. The van der Waals surface area contributed by atoms with Gasteiger partial charge in [0.05, 0.1) is 0 Å². The molecule has 0 bridgehead atoms. The molecule has 2 heteroatoms. The number of hydrogen-bond acceptors (Lipinski definition) is 2. The summed E-state index contributed by atoms with van der Waals surface area (Å²) in [5, 5.41) is 0. The maximum Gasteiger partial charge on any atom is 0.165 e. The highest BCUT2D eigenvalue weighted by molar-refractivity contribution is 5.92. The van der Waals surface area contributed by atoms with E-state index in [0.29, 0.717) is 17.6 Å². The lowest BCUT2D eigenvalue weighted by Crippen LogP contribution is -2.54. The van der Waals surface area contributed by atoms with Crippen molar-refractivity contribution in [3.8, 4) is 0 Å². The molecule has 2 rings (SSSR count). The molecule has 0 aromatic heterocycles. The number of ether oxygens (including phenoxy) is 1. The first kappa shape index (κ1) is 7.29. The Balaban J connectivity index is 2.03. The van der Waals surface area contributed by atoms with Gasteiger partial charge in [-0.05, 0) is 12.8 Å². The third-order valence-electron chi connectivity index (χ3n) is 3.11. The van der Waals surface area contributed by atoms with Crippen LogP contribution in [0.25, 0.3) is 0 Å². The molecule has 0 heterocycles. The number of hydrogen-bond donors (Lipinski definition) is 0. The summed E-state index contributed by atoms with van der Waals surface area (Å²) in [6.07, 6.45) is 4.80. The number of Topliss-reactive ketones (excluding diaryl/α,β-unsaturated/α-hetero) is 1. The minimum absolute atomic E-state index is 0.0414. The van der Waals surface area contributed by atoms with Crippen molar-refractivity contribution in [1.82, 2.24) is 0 Å². The average molecular weight is 154 g/mol. The van der Waals surface area contributed by atoms with Gasteiger partial charge in [0.1, 0.15) is 6.10 Å². The van der Waals surface area contributed by atoms with Gasteiger partial charge < -0.3 is 4.74 Å². The predicted octanol–water partition coefficient (Wildman–Crippen LogP) is 1.39. The van der Waals surface area contributed by atoms with Crippen LogP contribution in [0.5, 0.6) is 0 Å². The van der Waals surface area contributed by atoms with Crippen LogP contribution in [0.3, 0.4) is 0 Å². The first-order valence-electron chi connectivity index (χ1n) is 4.41. The number of rotatable bonds is 1. The second-order valence-electron chi connectivity index (χ2n) is 3.61. The highest BCUT2D eigenvalue weighted by atomic mass is 16.5. The summed E-state index contributed by atoms with van der Waals surface area (Å²) in [7, 11) is 1.65. The number of ketones is 1. The van der Waals surface area contributed by atoms with Crippen molar-refractivity contribution in [2.75, 3.05) is 7.11 Å². The molecule has 0 aliphatic heterocycles. The first-order chi connectivity index (χ1) is 5.34. The van der Waals surface area contributed by atoms with Crippen LogP contribution in [0, 0.1) is 11.8 Å². The summed E-state index contributed by atoms with van der Waals surface area (Å²) >= 11 is 0. The molecule has 0 N–H and O–H groups in total. The molecule has 62 valence electrons. The van der Waals surface area contributed by atoms with E-state index in [-0.39, 0.29) is 6.10 Å². The number of methoxy groups -OCH3 is 1. The number of fused-ring (bicyclic) bond motifs is 1. The summed E-state index contributed by atoms with van der Waals surface area (Å²) in [4.78, 5) is 11.3. The smallest absolute Gasteiger partial charge is 0.165 e. The Hall–Kier alpha value is -0.370. The minimum Gasteiger partial charge on any atom is -0.373 e. The zero-order valence-electron chi connectivity index (χ0n) is 6.88. The summed E-state index contributed by atoms with van der Waals surface area (Å²) in [5.74, 6) is 1.30. The zero-order chi connectivity index (χ0) is 7.84. The van der Waals surface area contributed by atoms with Crippen LogP contribution in [0.4, 0.5) is 0 Å². The van der Waals surface area contributed by atoms with Crippen LogP contribution in [0.2, 0.25) is 0 Å². The average Bonchev–Trinajstić information content (AvgIpc) is 2.05. The molecule has 2 saturated carbocycles. The van der Waals surface area contributed by atoms with Crippen LogP contribution in [0.1, 0.15) is 25.7 Å². The molecule has 0 aromatic carbocycles. The Kier molecular flexibility index (Phi) is 1.72. The van der Waals surface area contributed by atoms with E-state index in [1.165, 1.54) is 19.3 Å². The second-order valence-corrected chi connectivity index (χ2v) is 3.61. The summed E-state index contributed by atoms with van der Waals surface area (Å²) in [6.45, 7) is 0. The van der Waals surface area contributed by atoms with E-state index in [2.05, 4.69) is 0 Å². The maximum absolute atomic E-state index is 11.3. The van der Waals surface area contributed by atoms with Gasteiger partial charge in [0.2, 0.25) is 0 Å². The van der Waals surface area contributed by atoms with Crippen LogP contribution < -0.4 is 0 Å². The van der Waals surface area contributed by atoms with E-state index in [1.807, 2.05) is 0 Å². The van der Waals surface area contributed by atoms with E-state index in [9.17, 15) is 4.79 Å². The van der Waals surface area contributed by atoms with Gasteiger partial charge in [0, 0.05) is 18.9 Å². The molecule has 0 saturated heterocycles. The van der Waals surface area contributed by atoms with E-state index >= 15 is 0 Å². The fraction of sp³-hybridized carbons (Fsp3) is 0.889. The Morgan fingerprint density at radius 1 is 1.36 bits per heavy atom. The molecule has 0 spiro atoms. The molecule has 0 radical (unpaired) electrons. The largest absolute Gasteiger partial charge is 0.373 e. The van der Waals surface area contributed by atoms with E-state index in [0.717, 1.165) is 6.42 Å². The van der Waals surface area contributed by atoms with Gasteiger partial charge in [0.25, 0.3) is 0 Å². The van der Waals surface area contributed by atoms with Gasteiger partial charge in [-0.25, -0.2) is 0 Å². The lowest BCUT2D eigenvalue weighted by atomic mass is 9.62. The quantitative estimate of drug-likeness (QED) is 0.570. The lowest BCUT2D eigenvalue weighted by molar-refractivity contribution is -0.159. The van der Waals surface area contributed by atoms with Gasteiger partial charge in [-0.3, -0.25) is 4.79 Å². The molecule has 2 nitrogen and oxygen atoms in total. The van der Waals surface area contributed by atoms with Crippen molar-refractivity contribution in [1.29, 1.82) is 0 Å². The highest BCUT2D eigenvalue weighted by Crippen LogP contribution is 2.43. The monoisotopic (exact) mass is 154 g/mol. The van der Waals surface area contributed by atoms with Gasteiger partial charge in [-0.2, -0.15) is 0 Å². The van der Waals surface area contributed by atoms with Crippen LogP contribution in [-0.2, 0) is 9.53 Å². The molecule has 0 aromatic rings. The third-order valence-corrected chi connectivity index (χ3v) is 3.11. The normalized spacial score (nSPS) is 43.0. The van der Waals surface area contributed by atoms with Crippen molar-refractivity contribution >= 4 is 5.78 Å². The van der Waals surface area contributed by atoms with Crippen molar-refractivity contribution in [2.24, 2.45) is 11.8 Å². The van der Waals surface area contributed by atoms with Gasteiger partial charge in [-0.1, -0.05) is 12.8 Å². The molecule has 2 aliphatic carbocycles. The second kappa shape index (κ2) is 2.59. The Labute approximate surface area is 66.9 Å². The van der Waals surface area contributed by atoms with Crippen molar-refractivity contribution < 1.29 is 9.53 Å². The molecule has 2 aliphatic rings. The minimum atomic E-state index is -0.0414. The third kappa shape index (κ3) is 0.924. The van der Waals surface area contributed by atoms with Gasteiger partial charge in [0.15, 0.2) is 5.78 Å². The van der Waals surface area contributed by atoms with Crippen LogP contribution >= 0.6 is 0 Å². The van der Waals surface area contributed by atoms with E-state index in [1.54, 1.807) is 7.11 Å². The lowest BCUT2D eigenvalue weighted by Gasteiger charge is -2.44. The van der Waals surface area contributed by atoms with Gasteiger partial charge >= 0.3 is 0 Å². The molecule has 11 heavy (non-hydrogen) atoms. The zero-order valence-corrected chi connectivity index (χ0v) is 6.88. The Morgan fingerprint density at radius 2 is 2.09 bits per heavy atom. The van der Waals surface area contributed by atoms with Crippen LogP contribution in [0.15, 0.2) is 0 Å². The summed E-state index contributed by atoms with van der Waals surface area (Å²) in [5.41, 5.74) is 0. The molecule has 3 unspecified atom stereocenters. The fourth-order valence-corrected chi connectivity index (χ4v) is 2.47. The summed E-state index contributed by atoms with van der Waals surface area (Å²) in [6, 6.07) is 0. The van der Waals surface area contributed by atoms with Crippen LogP contribution in [-0.4, -0.2) is 19.0 Å². The molecule has 2 fully saturated rings. The maximum atomic E-state index is 11.3. The number of carbonyl (C=O) groups excluding carboxylic acids is 1. The van der Waals surface area contributed by atoms with E-state index < -0.39 is 0 Å². The number of carbonyl (C=O) groups is 1. The predicted molar refractivity (Wildman–Crippen MR) is 41.3 cm³/mol. The van der Waals surface area contributed by atoms with E-state index in [4.69, 9.17) is 4.74 Å². The van der Waals surface area contributed by atoms with Crippen molar-refractivity contribution in [2.45, 2.75) is 31.8 Å². The molecule has 3 atom stereocenters. The Morgan fingerprint density at radius 3 is 2.82 bits per heavy atom. The van der Waals surface area contributed by atoms with Crippen molar-refractivity contribution in [3.63, 3.8) is 0 Å². The molecule has 0 amide bonds. The fourth-order valence-electron chi connectivity index (χ4n) is 2.47. The standard InChI is InChI=1S/C9H14O2/c1-11-9-7-5-3-2-4-6(7)8(9)10/h6-7,9H,2-5H2,1H3. The Bertz CT molecular complexity index is 168. The highest BCUT2D eigenvalue weighted by Gasteiger charge is 2.50. The van der Waals surface area contributed by atoms with Gasteiger partial charge in [-0.15, -0.1) is 0 Å². The van der Waals surface area contributed by atoms with Crippen molar-refractivity contribution in [3.05, 3.63) is 0 Å². The summed E-state index contributed by atoms with van der Waals surface area (Å²) < 4.78 is 5.12.